The van der Waals surface area contributed by atoms with Gasteiger partial charge in [0.05, 0.1) is 12.2 Å². The number of aromatic nitrogens is 1. The molecule has 0 fully saturated rings. The van der Waals surface area contributed by atoms with E-state index in [1.54, 1.807) is 6.26 Å². The lowest BCUT2D eigenvalue weighted by Crippen LogP contribution is -2.32. The van der Waals surface area contributed by atoms with Gasteiger partial charge in [-0.3, -0.25) is 0 Å². The van der Waals surface area contributed by atoms with Gasteiger partial charge >= 0.3 is 6.09 Å². The Morgan fingerprint density at radius 3 is 2.81 bits per heavy atom. The number of amides is 1. The molecule has 0 spiro atoms. The van der Waals surface area contributed by atoms with Crippen molar-refractivity contribution < 1.29 is 13.9 Å². The van der Waals surface area contributed by atoms with Crippen molar-refractivity contribution in [2.75, 3.05) is 0 Å². The third-order valence-electron chi connectivity index (χ3n) is 1.52. The minimum atomic E-state index is -0.492. The Hall–Kier alpha value is -0.790. The number of alkyl halides is 1. The van der Waals surface area contributed by atoms with Crippen LogP contribution in [0.1, 0.15) is 32.4 Å². The van der Waals surface area contributed by atoms with E-state index in [1.807, 2.05) is 20.8 Å². The van der Waals surface area contributed by atoms with Crippen molar-refractivity contribution >= 4 is 28.7 Å². The lowest BCUT2D eigenvalue weighted by molar-refractivity contribution is 0.0519. The van der Waals surface area contributed by atoms with Gasteiger partial charge in [0.1, 0.15) is 11.9 Å². The lowest BCUT2D eigenvalue weighted by Gasteiger charge is -2.19. The van der Waals surface area contributed by atoms with Crippen LogP contribution >= 0.6 is 22.6 Å². The van der Waals surface area contributed by atoms with E-state index in [4.69, 9.17) is 9.15 Å². The summed E-state index contributed by atoms with van der Waals surface area (Å²) in [5, 5.41) is 2.57. The van der Waals surface area contributed by atoms with Crippen LogP contribution in [0.2, 0.25) is 0 Å². The second-order valence-corrected chi connectivity index (χ2v) is 4.98. The Balaban J connectivity index is 2.37. The summed E-state index contributed by atoms with van der Waals surface area (Å²) >= 11 is 2.19. The average Bonchev–Trinajstić information content (AvgIpc) is 2.59. The molecule has 0 saturated heterocycles. The fourth-order valence-corrected chi connectivity index (χ4v) is 1.30. The van der Waals surface area contributed by atoms with Crippen LogP contribution in [0.15, 0.2) is 10.7 Å². The van der Waals surface area contributed by atoms with Gasteiger partial charge < -0.3 is 14.5 Å². The Morgan fingerprint density at radius 1 is 1.62 bits per heavy atom. The molecule has 0 saturated carbocycles. The number of ether oxygens (including phenoxy) is 1. The second kappa shape index (κ2) is 5.51. The van der Waals surface area contributed by atoms with Crippen LogP contribution in [0.25, 0.3) is 0 Å². The number of oxazole rings is 1. The maximum Gasteiger partial charge on any atom is 0.408 e. The highest BCUT2D eigenvalue weighted by Gasteiger charge is 2.16. The fourth-order valence-electron chi connectivity index (χ4n) is 0.953. The summed E-state index contributed by atoms with van der Waals surface area (Å²) in [5.41, 5.74) is 0.371. The normalized spacial score (nSPS) is 11.2. The minimum absolute atomic E-state index is 0.242. The first-order chi connectivity index (χ1) is 7.40. The summed E-state index contributed by atoms with van der Waals surface area (Å²) in [6.07, 6.45) is 1.11. The van der Waals surface area contributed by atoms with Gasteiger partial charge in [0.25, 0.3) is 0 Å². The molecule has 0 unspecified atom stereocenters. The smallest absolute Gasteiger partial charge is 0.408 e. The molecule has 0 atom stereocenters. The standard InChI is InChI=1S/C10H15IN2O3/c1-10(2,3)16-9(14)12-5-8-13-7(4-11)6-15-8/h6H,4-5H2,1-3H3,(H,12,14). The van der Waals surface area contributed by atoms with E-state index in [2.05, 4.69) is 32.9 Å². The number of nitrogens with one attached hydrogen (secondary N) is 1. The largest absolute Gasteiger partial charge is 0.447 e. The molecular formula is C10H15IN2O3. The topological polar surface area (TPSA) is 64.4 Å². The van der Waals surface area contributed by atoms with Crippen LogP contribution in [0.4, 0.5) is 4.79 Å². The van der Waals surface area contributed by atoms with Gasteiger partial charge in [0.2, 0.25) is 5.89 Å². The number of hydrogen-bond donors (Lipinski definition) is 1. The van der Waals surface area contributed by atoms with Crippen LogP contribution in [-0.2, 0) is 15.7 Å². The molecule has 16 heavy (non-hydrogen) atoms. The van der Waals surface area contributed by atoms with Crippen molar-refractivity contribution in [1.29, 1.82) is 0 Å². The molecule has 0 aliphatic rings. The highest BCUT2D eigenvalue weighted by atomic mass is 127. The molecule has 1 aromatic rings. The van der Waals surface area contributed by atoms with E-state index in [9.17, 15) is 4.79 Å². The summed E-state index contributed by atoms with van der Waals surface area (Å²) in [6, 6.07) is 0. The molecular weight excluding hydrogens is 323 g/mol. The van der Waals surface area contributed by atoms with Gasteiger partial charge in [0.15, 0.2) is 0 Å². The zero-order valence-electron chi connectivity index (χ0n) is 9.54. The summed E-state index contributed by atoms with van der Waals surface area (Å²) in [7, 11) is 0. The van der Waals surface area contributed by atoms with Gasteiger partial charge in [-0.1, -0.05) is 22.6 Å². The Bertz CT molecular complexity index is 357. The monoisotopic (exact) mass is 338 g/mol. The number of halogens is 1. The predicted molar refractivity (Wildman–Crippen MR) is 67.3 cm³/mol. The van der Waals surface area contributed by atoms with Crippen molar-refractivity contribution in [1.82, 2.24) is 10.3 Å². The molecule has 1 N–H and O–H groups in total. The third-order valence-corrected chi connectivity index (χ3v) is 2.30. The maximum atomic E-state index is 11.3. The summed E-state index contributed by atoms with van der Waals surface area (Å²) < 4.78 is 11.0. The number of hydrogen-bond acceptors (Lipinski definition) is 4. The molecule has 0 radical (unpaired) electrons. The van der Waals surface area contributed by atoms with Crippen molar-refractivity contribution in [3.8, 4) is 0 Å². The number of carbonyl (C=O) groups is 1. The van der Waals surface area contributed by atoms with Crippen molar-refractivity contribution in [3.63, 3.8) is 0 Å². The number of carbonyl (C=O) groups excluding carboxylic acids is 1. The van der Waals surface area contributed by atoms with Crippen LogP contribution in [0, 0.1) is 0 Å². The van der Waals surface area contributed by atoms with Gasteiger partial charge in [-0.25, -0.2) is 9.78 Å². The van der Waals surface area contributed by atoms with Gasteiger partial charge in [0, 0.05) is 4.43 Å². The van der Waals surface area contributed by atoms with Crippen molar-refractivity contribution in [2.45, 2.75) is 37.3 Å². The fraction of sp³-hybridized carbons (Fsp3) is 0.600. The molecule has 0 aromatic carbocycles. The zero-order valence-corrected chi connectivity index (χ0v) is 11.7. The van der Waals surface area contributed by atoms with E-state index in [0.717, 1.165) is 10.1 Å². The highest BCUT2D eigenvalue weighted by molar-refractivity contribution is 14.1. The number of rotatable bonds is 3. The molecule has 0 aliphatic heterocycles. The summed E-state index contributed by atoms with van der Waals surface area (Å²) in [5.74, 6) is 0.484. The van der Waals surface area contributed by atoms with E-state index < -0.39 is 11.7 Å². The lowest BCUT2D eigenvalue weighted by atomic mass is 10.2. The average molecular weight is 338 g/mol. The van der Waals surface area contributed by atoms with Crippen LogP contribution < -0.4 is 5.32 Å². The molecule has 1 rings (SSSR count). The van der Waals surface area contributed by atoms with Crippen molar-refractivity contribution in [3.05, 3.63) is 17.8 Å². The molecule has 5 nitrogen and oxygen atoms in total. The molecule has 6 heteroatoms. The van der Waals surface area contributed by atoms with E-state index in [0.29, 0.717) is 5.89 Å². The molecule has 1 aromatic heterocycles. The number of alkyl carbamates (subject to hydrolysis) is 1. The first-order valence-corrected chi connectivity index (χ1v) is 6.39. The van der Waals surface area contributed by atoms with E-state index in [-0.39, 0.29) is 6.54 Å². The summed E-state index contributed by atoms with van der Waals surface area (Å²) in [4.78, 5) is 15.5. The number of nitrogens with zero attached hydrogens (tertiary/aromatic N) is 1. The Labute approximate surface area is 108 Å². The zero-order chi connectivity index (χ0) is 12.2. The molecule has 0 aliphatic carbocycles. The molecule has 1 heterocycles. The second-order valence-electron chi connectivity index (χ2n) is 4.22. The Morgan fingerprint density at radius 2 is 2.31 bits per heavy atom. The van der Waals surface area contributed by atoms with Crippen LogP contribution in [0.5, 0.6) is 0 Å². The minimum Gasteiger partial charge on any atom is -0.447 e. The maximum absolute atomic E-state index is 11.3. The van der Waals surface area contributed by atoms with Crippen LogP contribution in [0.3, 0.4) is 0 Å². The van der Waals surface area contributed by atoms with Gasteiger partial charge in [-0.05, 0) is 20.8 Å². The quantitative estimate of drug-likeness (QED) is 0.680. The van der Waals surface area contributed by atoms with E-state index >= 15 is 0 Å². The van der Waals surface area contributed by atoms with Gasteiger partial charge in [-0.15, -0.1) is 0 Å². The molecule has 1 amide bonds. The summed E-state index contributed by atoms with van der Waals surface area (Å²) in [6.45, 7) is 5.68. The van der Waals surface area contributed by atoms with Crippen molar-refractivity contribution in [2.24, 2.45) is 0 Å². The van der Waals surface area contributed by atoms with Gasteiger partial charge in [-0.2, -0.15) is 0 Å². The SMILES string of the molecule is CC(C)(C)OC(=O)NCc1nc(CI)co1. The first-order valence-electron chi connectivity index (χ1n) is 4.87. The predicted octanol–water partition coefficient (Wildman–Crippen LogP) is 2.63. The van der Waals surface area contributed by atoms with E-state index in [1.165, 1.54) is 0 Å². The first kappa shape index (κ1) is 13.3. The highest BCUT2D eigenvalue weighted by Crippen LogP contribution is 2.08. The molecule has 0 bridgehead atoms. The van der Waals surface area contributed by atoms with Crippen LogP contribution in [-0.4, -0.2) is 16.7 Å². The molecule has 90 valence electrons. The third kappa shape index (κ3) is 4.82. The Kier molecular flexibility index (Phi) is 4.57.